The van der Waals surface area contributed by atoms with Crippen LogP contribution in [0.1, 0.15) is 0 Å². The van der Waals surface area contributed by atoms with E-state index in [2.05, 4.69) is 158 Å². The predicted molar refractivity (Wildman–Crippen MR) is 172 cm³/mol. The van der Waals surface area contributed by atoms with Gasteiger partial charge in [0.05, 0.1) is 0 Å². The van der Waals surface area contributed by atoms with Crippen LogP contribution in [-0.4, -0.2) is 0 Å². The highest BCUT2D eigenvalue weighted by atomic mass is 14.2. The lowest BCUT2D eigenvalue weighted by atomic mass is 9.87. The van der Waals surface area contributed by atoms with Crippen molar-refractivity contribution >= 4 is 32.3 Å². The zero-order chi connectivity index (χ0) is 26.5. The van der Waals surface area contributed by atoms with Crippen molar-refractivity contribution in [2.24, 2.45) is 0 Å². The summed E-state index contributed by atoms with van der Waals surface area (Å²) in [6, 6.07) is 57.4. The molecule has 0 atom stereocenters. The fourth-order valence-electron chi connectivity index (χ4n) is 6.25. The molecule has 0 unspecified atom stereocenters. The lowest BCUT2D eigenvalue weighted by molar-refractivity contribution is 1.60. The van der Waals surface area contributed by atoms with Crippen molar-refractivity contribution in [2.75, 3.05) is 0 Å². The first-order valence-corrected chi connectivity index (χ1v) is 13.9. The van der Waals surface area contributed by atoms with Crippen molar-refractivity contribution < 1.29 is 0 Å². The van der Waals surface area contributed by atoms with Crippen molar-refractivity contribution in [3.8, 4) is 44.5 Å². The van der Waals surface area contributed by atoms with E-state index in [1.165, 1.54) is 76.8 Å². The van der Waals surface area contributed by atoms with Gasteiger partial charge in [-0.25, -0.2) is 0 Å². The molecule has 0 fully saturated rings. The second-order valence-electron chi connectivity index (χ2n) is 10.5. The SMILES string of the molecule is c1ccc(-c2ccc(-c3ccc4ccc5ccc(-c6ccc(-c7ccccc7)cc6)c6ccc3c4c56)cc2)cc1. The van der Waals surface area contributed by atoms with Crippen molar-refractivity contribution in [1.29, 1.82) is 0 Å². The molecule has 0 nitrogen and oxygen atoms in total. The third kappa shape index (κ3) is 3.69. The van der Waals surface area contributed by atoms with Crippen LogP contribution < -0.4 is 0 Å². The molecule has 0 saturated carbocycles. The molecule has 0 aliphatic heterocycles. The van der Waals surface area contributed by atoms with Gasteiger partial charge in [0.2, 0.25) is 0 Å². The van der Waals surface area contributed by atoms with E-state index in [1.54, 1.807) is 0 Å². The Bertz CT molecular complexity index is 1950. The summed E-state index contributed by atoms with van der Waals surface area (Å²) in [5, 5.41) is 7.88. The highest BCUT2D eigenvalue weighted by molar-refractivity contribution is 6.27. The summed E-state index contributed by atoms with van der Waals surface area (Å²) < 4.78 is 0. The molecular formula is C40H26. The highest BCUT2D eigenvalue weighted by Crippen LogP contribution is 2.42. The average Bonchev–Trinajstić information content (AvgIpc) is 3.04. The van der Waals surface area contributed by atoms with E-state index in [9.17, 15) is 0 Å². The van der Waals surface area contributed by atoms with Crippen molar-refractivity contribution in [3.05, 3.63) is 158 Å². The van der Waals surface area contributed by atoms with E-state index in [0.29, 0.717) is 0 Å². The first-order chi connectivity index (χ1) is 19.8. The number of hydrogen-bond acceptors (Lipinski definition) is 0. The van der Waals surface area contributed by atoms with E-state index in [1.807, 2.05) is 0 Å². The van der Waals surface area contributed by atoms with Crippen LogP contribution in [0.25, 0.3) is 76.8 Å². The van der Waals surface area contributed by atoms with E-state index < -0.39 is 0 Å². The zero-order valence-electron chi connectivity index (χ0n) is 22.0. The molecule has 0 aliphatic rings. The summed E-state index contributed by atoms with van der Waals surface area (Å²) in [7, 11) is 0. The molecule has 8 aromatic rings. The first kappa shape index (κ1) is 22.8. The third-order valence-electron chi connectivity index (χ3n) is 8.27. The fourth-order valence-corrected chi connectivity index (χ4v) is 6.25. The monoisotopic (exact) mass is 506 g/mol. The maximum Gasteiger partial charge on any atom is -0.00203 e. The molecule has 40 heavy (non-hydrogen) atoms. The minimum Gasteiger partial charge on any atom is -0.0622 e. The van der Waals surface area contributed by atoms with Gasteiger partial charge in [-0.05, 0) is 76.8 Å². The normalized spacial score (nSPS) is 11.5. The van der Waals surface area contributed by atoms with E-state index in [4.69, 9.17) is 0 Å². The van der Waals surface area contributed by atoms with E-state index >= 15 is 0 Å². The number of benzene rings is 8. The molecule has 0 heteroatoms. The Morgan fingerprint density at radius 3 is 0.950 bits per heavy atom. The van der Waals surface area contributed by atoms with Gasteiger partial charge in [-0.3, -0.25) is 0 Å². The summed E-state index contributed by atoms with van der Waals surface area (Å²) in [4.78, 5) is 0. The van der Waals surface area contributed by atoms with Gasteiger partial charge in [-0.2, -0.15) is 0 Å². The Morgan fingerprint density at radius 1 is 0.225 bits per heavy atom. The topological polar surface area (TPSA) is 0 Å². The van der Waals surface area contributed by atoms with Gasteiger partial charge in [0.1, 0.15) is 0 Å². The highest BCUT2D eigenvalue weighted by Gasteiger charge is 2.15. The van der Waals surface area contributed by atoms with E-state index in [-0.39, 0.29) is 0 Å². The lowest BCUT2D eigenvalue weighted by Crippen LogP contribution is -1.90. The maximum absolute atomic E-state index is 2.33. The molecule has 0 amide bonds. The van der Waals surface area contributed by atoms with E-state index in [0.717, 1.165) is 0 Å². The van der Waals surface area contributed by atoms with Crippen LogP contribution in [0.3, 0.4) is 0 Å². The second kappa shape index (κ2) is 9.22. The van der Waals surface area contributed by atoms with Gasteiger partial charge in [0.15, 0.2) is 0 Å². The van der Waals surface area contributed by atoms with Gasteiger partial charge in [-0.15, -0.1) is 0 Å². The molecule has 0 bridgehead atoms. The molecule has 0 heterocycles. The molecule has 8 rings (SSSR count). The molecule has 0 spiro atoms. The van der Waals surface area contributed by atoms with Gasteiger partial charge in [0, 0.05) is 0 Å². The molecule has 0 radical (unpaired) electrons. The number of rotatable bonds is 4. The second-order valence-corrected chi connectivity index (χ2v) is 10.5. The summed E-state index contributed by atoms with van der Waals surface area (Å²) in [5.41, 5.74) is 10.0. The van der Waals surface area contributed by atoms with Gasteiger partial charge >= 0.3 is 0 Å². The largest absolute Gasteiger partial charge is 0.0622 e. The molecule has 0 aromatic heterocycles. The van der Waals surface area contributed by atoms with Crippen LogP contribution >= 0.6 is 0 Å². The minimum absolute atomic E-state index is 1.24. The third-order valence-corrected chi connectivity index (χ3v) is 8.27. The lowest BCUT2D eigenvalue weighted by Gasteiger charge is -2.17. The molecule has 186 valence electrons. The van der Waals surface area contributed by atoms with Crippen LogP contribution in [0, 0.1) is 0 Å². The smallest absolute Gasteiger partial charge is 0.00203 e. The Labute approximate surface area is 234 Å². The predicted octanol–water partition coefficient (Wildman–Crippen LogP) is 11.3. The molecular weight excluding hydrogens is 480 g/mol. The van der Waals surface area contributed by atoms with Gasteiger partial charge in [0.25, 0.3) is 0 Å². The van der Waals surface area contributed by atoms with Crippen molar-refractivity contribution in [3.63, 3.8) is 0 Å². The molecule has 0 N–H and O–H groups in total. The van der Waals surface area contributed by atoms with Crippen LogP contribution in [0.15, 0.2) is 158 Å². The first-order valence-electron chi connectivity index (χ1n) is 13.9. The quantitative estimate of drug-likeness (QED) is 0.208. The van der Waals surface area contributed by atoms with Crippen LogP contribution in [0.2, 0.25) is 0 Å². The summed E-state index contributed by atoms with van der Waals surface area (Å²) in [6.07, 6.45) is 0. The summed E-state index contributed by atoms with van der Waals surface area (Å²) in [6.45, 7) is 0. The summed E-state index contributed by atoms with van der Waals surface area (Å²) in [5.74, 6) is 0. The van der Waals surface area contributed by atoms with Gasteiger partial charge < -0.3 is 0 Å². The van der Waals surface area contributed by atoms with Crippen LogP contribution in [-0.2, 0) is 0 Å². The summed E-state index contributed by atoms with van der Waals surface area (Å²) >= 11 is 0. The zero-order valence-corrected chi connectivity index (χ0v) is 22.0. The minimum atomic E-state index is 1.24. The standard InChI is InChI=1S/C40H26/c1-3-7-27(8-4-1)29-11-15-31(16-12-29)35-23-21-33-19-20-34-22-24-36(38-26-25-37(35)39(33)40(34)38)32-17-13-30(14-18-32)28-9-5-2-6-10-28/h1-26H. The Kier molecular flexibility index (Phi) is 5.24. The average molecular weight is 507 g/mol. The molecule has 0 aliphatic carbocycles. The Balaban J connectivity index is 1.27. The van der Waals surface area contributed by atoms with Gasteiger partial charge in [-0.1, -0.05) is 158 Å². The Morgan fingerprint density at radius 2 is 0.550 bits per heavy atom. The van der Waals surface area contributed by atoms with Crippen LogP contribution in [0.4, 0.5) is 0 Å². The number of hydrogen-bond donors (Lipinski definition) is 0. The maximum atomic E-state index is 2.33. The Hall–Kier alpha value is -5.20. The van der Waals surface area contributed by atoms with Crippen molar-refractivity contribution in [1.82, 2.24) is 0 Å². The molecule has 0 saturated heterocycles. The molecule has 8 aromatic carbocycles. The fraction of sp³-hybridized carbons (Fsp3) is 0. The van der Waals surface area contributed by atoms with Crippen LogP contribution in [0.5, 0.6) is 0 Å². The van der Waals surface area contributed by atoms with Crippen molar-refractivity contribution in [2.45, 2.75) is 0 Å².